The molecule has 4 aromatic rings. The van der Waals surface area contributed by atoms with Gasteiger partial charge in [-0.1, -0.05) is 40.2 Å². The molecule has 0 atom stereocenters. The number of benzene rings is 2. The second-order valence-corrected chi connectivity index (χ2v) is 8.29. The van der Waals surface area contributed by atoms with E-state index in [-0.39, 0.29) is 22.5 Å². The van der Waals surface area contributed by atoms with Gasteiger partial charge in [0.25, 0.3) is 5.91 Å². The Bertz CT molecular complexity index is 1380. The molecule has 9 heteroatoms. The first kappa shape index (κ1) is 20.8. The highest BCUT2D eigenvalue weighted by molar-refractivity contribution is 9.10. The molecule has 31 heavy (non-hydrogen) atoms. The number of carbonyl (C=O) groups is 2. The van der Waals surface area contributed by atoms with Gasteiger partial charge in [0.05, 0.1) is 7.11 Å². The number of anilines is 1. The second kappa shape index (κ2) is 8.37. The number of methoxy groups -OCH3 is 1. The van der Waals surface area contributed by atoms with Gasteiger partial charge in [-0.05, 0) is 29.8 Å². The Labute approximate surface area is 188 Å². The molecule has 1 amide bonds. The molecule has 0 unspecified atom stereocenters. The zero-order valence-corrected chi connectivity index (χ0v) is 18.5. The molecule has 0 aliphatic carbocycles. The molecule has 0 aliphatic rings. The van der Waals surface area contributed by atoms with Gasteiger partial charge in [-0.15, -0.1) is 11.3 Å². The van der Waals surface area contributed by atoms with Crippen molar-refractivity contribution in [1.29, 1.82) is 5.41 Å². The molecule has 0 radical (unpaired) electrons. The van der Waals surface area contributed by atoms with Gasteiger partial charge in [-0.3, -0.25) is 10.2 Å². The van der Waals surface area contributed by atoms with Crippen LogP contribution in [0.5, 0.6) is 5.75 Å². The number of aromatic hydroxyl groups is 1. The van der Waals surface area contributed by atoms with Gasteiger partial charge in [-0.2, -0.15) is 0 Å². The van der Waals surface area contributed by atoms with Crippen molar-refractivity contribution in [2.24, 2.45) is 0 Å². The lowest BCUT2D eigenvalue weighted by molar-refractivity contribution is 0.0603. The average Bonchev–Trinajstić information content (AvgIpc) is 3.17. The summed E-state index contributed by atoms with van der Waals surface area (Å²) in [6, 6.07) is 13.6. The first-order valence-electron chi connectivity index (χ1n) is 8.96. The normalized spacial score (nSPS) is 10.8. The maximum absolute atomic E-state index is 12.9. The number of phenolic OH excluding ortho intramolecular Hbond substituents is 1. The molecule has 4 rings (SSSR count). The summed E-state index contributed by atoms with van der Waals surface area (Å²) in [7, 11) is 1.27. The largest absolute Gasteiger partial charge is 0.504 e. The van der Waals surface area contributed by atoms with Crippen LogP contribution in [0.1, 0.15) is 20.7 Å². The molecule has 0 spiro atoms. The number of hydrogen-bond donors (Lipinski definition) is 3. The molecule has 2 heterocycles. The SMILES string of the molecule is COC(=O)c1c(-c2ccc(Br)cc2)csc1NC(=O)c1cc2cccc(O)c2oc1=N. The van der Waals surface area contributed by atoms with Crippen LogP contribution >= 0.6 is 27.3 Å². The summed E-state index contributed by atoms with van der Waals surface area (Å²) < 4.78 is 11.2. The number of thiophene rings is 1. The maximum Gasteiger partial charge on any atom is 0.341 e. The molecule has 0 aliphatic heterocycles. The number of amides is 1. The number of nitrogens with one attached hydrogen (secondary N) is 2. The number of carbonyl (C=O) groups excluding carboxylic acids is 2. The molecule has 3 N–H and O–H groups in total. The lowest BCUT2D eigenvalue weighted by Crippen LogP contribution is -2.21. The molecule has 7 nitrogen and oxygen atoms in total. The summed E-state index contributed by atoms with van der Waals surface area (Å²) >= 11 is 4.56. The molecular weight excluding hydrogens is 484 g/mol. The van der Waals surface area contributed by atoms with Gasteiger partial charge in [0, 0.05) is 20.8 Å². The fourth-order valence-electron chi connectivity index (χ4n) is 3.08. The van der Waals surface area contributed by atoms with Crippen molar-refractivity contribution < 1.29 is 23.8 Å². The van der Waals surface area contributed by atoms with Crippen molar-refractivity contribution in [1.82, 2.24) is 0 Å². The number of esters is 1. The number of rotatable bonds is 4. The third-order valence-corrected chi connectivity index (χ3v) is 6.00. The van der Waals surface area contributed by atoms with Gasteiger partial charge >= 0.3 is 5.97 Å². The van der Waals surface area contributed by atoms with Crippen LogP contribution in [0.3, 0.4) is 0 Å². The Morgan fingerprint density at radius 2 is 1.94 bits per heavy atom. The summed E-state index contributed by atoms with van der Waals surface area (Å²) in [6.07, 6.45) is 0. The van der Waals surface area contributed by atoms with E-state index >= 15 is 0 Å². The van der Waals surface area contributed by atoms with E-state index in [0.29, 0.717) is 16.0 Å². The summed E-state index contributed by atoms with van der Waals surface area (Å²) in [4.78, 5) is 25.4. The van der Waals surface area contributed by atoms with Crippen molar-refractivity contribution in [3.05, 3.63) is 75.1 Å². The number of para-hydroxylation sites is 1. The lowest BCUT2D eigenvalue weighted by Gasteiger charge is -2.09. The number of phenols is 1. The highest BCUT2D eigenvalue weighted by Gasteiger charge is 2.23. The number of halogens is 1. The van der Waals surface area contributed by atoms with E-state index in [4.69, 9.17) is 14.6 Å². The van der Waals surface area contributed by atoms with Crippen LogP contribution in [-0.2, 0) is 4.74 Å². The minimum absolute atomic E-state index is 0.0347. The second-order valence-electron chi connectivity index (χ2n) is 6.49. The van der Waals surface area contributed by atoms with Crippen LogP contribution < -0.4 is 10.9 Å². The molecule has 2 aromatic heterocycles. The maximum atomic E-state index is 12.9. The van der Waals surface area contributed by atoms with Crippen molar-refractivity contribution in [2.45, 2.75) is 0 Å². The highest BCUT2D eigenvalue weighted by atomic mass is 79.9. The van der Waals surface area contributed by atoms with E-state index in [0.717, 1.165) is 10.0 Å². The van der Waals surface area contributed by atoms with E-state index in [1.165, 1.54) is 30.6 Å². The fraction of sp³-hybridized carbons (Fsp3) is 0.0455. The van der Waals surface area contributed by atoms with Crippen molar-refractivity contribution >= 4 is 55.1 Å². The Morgan fingerprint density at radius 1 is 1.19 bits per heavy atom. The molecule has 156 valence electrons. The van der Waals surface area contributed by atoms with Crippen LogP contribution in [0.15, 0.2) is 62.8 Å². The van der Waals surface area contributed by atoms with Crippen LogP contribution in [-0.4, -0.2) is 24.1 Å². The third-order valence-electron chi connectivity index (χ3n) is 4.58. The first-order chi connectivity index (χ1) is 14.9. The highest BCUT2D eigenvalue weighted by Crippen LogP contribution is 2.37. The van der Waals surface area contributed by atoms with Gasteiger partial charge in [0.1, 0.15) is 16.1 Å². The third kappa shape index (κ3) is 3.97. The number of fused-ring (bicyclic) bond motifs is 1. The molecular formula is C22H15BrN2O5S. The van der Waals surface area contributed by atoms with E-state index in [1.54, 1.807) is 17.5 Å². The lowest BCUT2D eigenvalue weighted by atomic mass is 10.0. The quantitative estimate of drug-likeness (QED) is 0.337. The van der Waals surface area contributed by atoms with Crippen molar-refractivity contribution in [2.75, 3.05) is 12.4 Å². The molecule has 0 bridgehead atoms. The summed E-state index contributed by atoms with van der Waals surface area (Å²) in [5, 5.41) is 23.1. The molecule has 0 saturated heterocycles. The van der Waals surface area contributed by atoms with Crippen LogP contribution in [0.2, 0.25) is 0 Å². The number of hydrogen-bond acceptors (Lipinski definition) is 7. The van der Waals surface area contributed by atoms with Crippen LogP contribution in [0.25, 0.3) is 22.1 Å². The van der Waals surface area contributed by atoms with Crippen molar-refractivity contribution in [3.63, 3.8) is 0 Å². The summed E-state index contributed by atoms with van der Waals surface area (Å²) in [5.74, 6) is -1.33. The minimum atomic E-state index is -0.617. The predicted molar refractivity (Wildman–Crippen MR) is 120 cm³/mol. The Balaban J connectivity index is 1.74. The Hall–Kier alpha value is -3.43. The standard InChI is InChI=1S/C22H15BrN2O5S/c1-29-22(28)17-15(11-5-7-13(23)8-6-11)10-31-21(17)25-20(27)14-9-12-3-2-4-16(26)18(12)30-19(14)24/h2-10,24,26H,1H3,(H,25,27). The Morgan fingerprint density at radius 3 is 2.65 bits per heavy atom. The van der Waals surface area contributed by atoms with E-state index in [1.807, 2.05) is 24.3 Å². The Kier molecular flexibility index (Phi) is 5.62. The summed E-state index contributed by atoms with van der Waals surface area (Å²) in [6.45, 7) is 0. The molecule has 0 saturated carbocycles. The number of ether oxygens (including phenoxy) is 1. The summed E-state index contributed by atoms with van der Waals surface area (Å²) in [5.41, 5.74) is 1.32. The van der Waals surface area contributed by atoms with E-state index in [2.05, 4.69) is 21.2 Å². The average molecular weight is 499 g/mol. The minimum Gasteiger partial charge on any atom is -0.504 e. The fourth-order valence-corrected chi connectivity index (χ4v) is 4.30. The monoisotopic (exact) mass is 498 g/mol. The smallest absolute Gasteiger partial charge is 0.341 e. The van der Waals surface area contributed by atoms with Gasteiger partial charge in [0.2, 0.25) is 5.55 Å². The zero-order valence-electron chi connectivity index (χ0n) is 16.1. The van der Waals surface area contributed by atoms with E-state index < -0.39 is 17.4 Å². The zero-order chi connectivity index (χ0) is 22.1. The van der Waals surface area contributed by atoms with Gasteiger partial charge < -0.3 is 19.6 Å². The van der Waals surface area contributed by atoms with Gasteiger partial charge in [-0.25, -0.2) is 4.79 Å². The molecule has 2 aromatic carbocycles. The van der Waals surface area contributed by atoms with E-state index in [9.17, 15) is 14.7 Å². The van der Waals surface area contributed by atoms with Crippen molar-refractivity contribution in [3.8, 4) is 16.9 Å². The predicted octanol–water partition coefficient (Wildman–Crippen LogP) is 5.15. The topological polar surface area (TPSA) is 113 Å². The van der Waals surface area contributed by atoms with Crippen LogP contribution in [0.4, 0.5) is 5.00 Å². The van der Waals surface area contributed by atoms with Gasteiger partial charge in [0.15, 0.2) is 11.3 Å². The molecule has 0 fully saturated rings. The van der Waals surface area contributed by atoms with Crippen LogP contribution in [0, 0.1) is 5.41 Å². The first-order valence-corrected chi connectivity index (χ1v) is 10.6.